The molecule has 314 valence electrons. The first-order valence-electron chi connectivity index (χ1n) is 18.3. The van der Waals surface area contributed by atoms with Crippen molar-refractivity contribution in [1.29, 1.82) is 0 Å². The maximum absolute atomic E-state index is 13.7. The van der Waals surface area contributed by atoms with Gasteiger partial charge in [0.25, 0.3) is 0 Å². The Labute approximate surface area is 335 Å². The average molecular weight is 829 g/mol. The van der Waals surface area contributed by atoms with Crippen LogP contribution in [0.3, 0.4) is 0 Å². The number of nitrogens with one attached hydrogen (secondary N) is 7. The molecule has 0 bridgehead atoms. The van der Waals surface area contributed by atoms with Crippen molar-refractivity contribution in [3.8, 4) is 0 Å². The lowest BCUT2D eigenvalue weighted by Crippen LogP contribution is -2.59. The Morgan fingerprint density at radius 2 is 1.59 bits per heavy atom. The topological polar surface area (TPSA) is 307 Å². The Morgan fingerprint density at radius 1 is 0.946 bits per heavy atom. The van der Waals surface area contributed by atoms with E-state index in [2.05, 4.69) is 54.5 Å². The van der Waals surface area contributed by atoms with Crippen molar-refractivity contribution in [3.63, 3.8) is 0 Å². The molecule has 7 amide bonds. The zero-order valence-corrected chi connectivity index (χ0v) is 33.9. The molecule has 20 nitrogen and oxygen atoms in total. The summed E-state index contributed by atoms with van der Waals surface area (Å²) < 4.78 is 0. The highest BCUT2D eigenvalue weighted by Gasteiger charge is 2.38. The number of aliphatic hydroxyl groups is 1. The molecule has 1 saturated heterocycles. The minimum Gasteiger partial charge on any atom is -0.480 e. The van der Waals surface area contributed by atoms with Gasteiger partial charge in [0.1, 0.15) is 30.2 Å². The third kappa shape index (κ3) is 14.6. The molecule has 0 saturated carbocycles. The second-order valence-electron chi connectivity index (χ2n) is 13.6. The van der Waals surface area contributed by atoms with Gasteiger partial charge in [0.2, 0.25) is 41.4 Å². The number of aliphatic hydroxyl groups excluding tert-OH is 1. The number of carboxylic acids is 1. The molecule has 0 spiro atoms. The van der Waals surface area contributed by atoms with Crippen LogP contribution in [0, 0.1) is 5.92 Å². The molecule has 1 aliphatic heterocycles. The second-order valence-corrected chi connectivity index (χ2v) is 15.0. The van der Waals surface area contributed by atoms with Crippen LogP contribution < -0.4 is 37.6 Å². The number of amides is 7. The van der Waals surface area contributed by atoms with Gasteiger partial charge >= 0.3 is 5.97 Å². The molecule has 0 aromatic carbocycles. The van der Waals surface area contributed by atoms with Crippen LogP contribution in [-0.4, -0.2) is 152 Å². The van der Waals surface area contributed by atoms with Crippen molar-refractivity contribution in [3.05, 3.63) is 18.2 Å². The third-order valence-electron chi connectivity index (χ3n) is 9.20. The summed E-state index contributed by atoms with van der Waals surface area (Å²) in [5, 5.41) is 34.4. The summed E-state index contributed by atoms with van der Waals surface area (Å²) in [6.45, 7) is 5.80. The molecule has 1 fully saturated rings. The van der Waals surface area contributed by atoms with Crippen molar-refractivity contribution in [2.24, 2.45) is 11.7 Å². The smallest absolute Gasteiger partial charge is 0.328 e. The number of nitrogens with zero attached hydrogens (tertiary/aromatic N) is 2. The van der Waals surface area contributed by atoms with Gasteiger partial charge in [-0.2, -0.15) is 24.4 Å². The molecular formula is C34H56N10O10S2. The van der Waals surface area contributed by atoms with Crippen LogP contribution in [0.1, 0.15) is 59.1 Å². The Balaban J connectivity index is 2.15. The maximum Gasteiger partial charge on any atom is 0.328 e. The monoisotopic (exact) mass is 828 g/mol. The molecule has 1 aromatic rings. The minimum atomic E-state index is -1.60. The number of thiol groups is 1. The fraction of sp³-hybridized carbons (Fsp3) is 0.676. The number of aromatic nitrogens is 2. The summed E-state index contributed by atoms with van der Waals surface area (Å²) >= 11 is 5.56. The van der Waals surface area contributed by atoms with E-state index in [4.69, 9.17) is 5.73 Å². The van der Waals surface area contributed by atoms with Crippen LogP contribution in [0.4, 0.5) is 0 Å². The number of imidazole rings is 1. The number of carbonyl (C=O) groups is 8. The standard InChI is InChI=1S/C34H56N10O10S2/c1-6-17(2)26(33(52)43-27(19(4)45)34(53)54)42-32(51)24-8-7-10-44(24)25(46)14-37-29(48)21(9-11-56-5)39-30(49)22(12-20-13-36-16-38-20)40-31(50)23(15-55)41-28(47)18(3)35/h13,16-19,21-24,26-27,45,55H,6-12,14-15,35H2,1-5H3,(H,36,38)(H,37,48)(H,39,49)(H,40,50)(H,41,47)(H,42,51)(H,43,52)(H,53,54)/t17-,18-,19+,21-,22-,23-,24-,26-,27-/m0/s1. The zero-order valence-electron chi connectivity index (χ0n) is 32.2. The largest absolute Gasteiger partial charge is 0.480 e. The number of H-pyrrole nitrogens is 1. The van der Waals surface area contributed by atoms with Gasteiger partial charge in [0, 0.05) is 24.9 Å². The average Bonchev–Trinajstić information content (AvgIpc) is 3.87. The number of aromatic amines is 1. The summed E-state index contributed by atoms with van der Waals surface area (Å²) in [6, 6.07) is -8.14. The zero-order chi connectivity index (χ0) is 42.1. The van der Waals surface area contributed by atoms with E-state index >= 15 is 0 Å². The van der Waals surface area contributed by atoms with Gasteiger partial charge in [0.05, 0.1) is 30.7 Å². The molecule has 1 aliphatic rings. The van der Waals surface area contributed by atoms with Crippen LogP contribution in [-0.2, 0) is 44.8 Å². The van der Waals surface area contributed by atoms with Crippen molar-refractivity contribution in [2.45, 2.75) is 108 Å². The second kappa shape index (κ2) is 23.6. The number of thioether (sulfide) groups is 1. The lowest BCUT2D eigenvalue weighted by Gasteiger charge is -2.30. The molecule has 0 aliphatic carbocycles. The van der Waals surface area contributed by atoms with Crippen molar-refractivity contribution >= 4 is 71.7 Å². The molecule has 56 heavy (non-hydrogen) atoms. The van der Waals surface area contributed by atoms with E-state index in [1.807, 2.05) is 0 Å². The van der Waals surface area contributed by atoms with E-state index in [0.29, 0.717) is 24.3 Å². The van der Waals surface area contributed by atoms with Gasteiger partial charge in [-0.15, -0.1) is 0 Å². The third-order valence-corrected chi connectivity index (χ3v) is 10.2. The predicted molar refractivity (Wildman–Crippen MR) is 209 cm³/mol. The van der Waals surface area contributed by atoms with E-state index < -0.39 is 108 Å². The lowest BCUT2D eigenvalue weighted by atomic mass is 9.97. The van der Waals surface area contributed by atoms with Crippen LogP contribution >= 0.6 is 24.4 Å². The Morgan fingerprint density at radius 3 is 2.14 bits per heavy atom. The molecule has 0 radical (unpaired) electrons. The normalized spacial score (nSPS) is 18.1. The first-order chi connectivity index (χ1) is 26.4. The van der Waals surface area contributed by atoms with Crippen LogP contribution in [0.25, 0.3) is 0 Å². The number of hydrogen-bond donors (Lipinski definition) is 11. The first-order valence-corrected chi connectivity index (χ1v) is 20.3. The lowest BCUT2D eigenvalue weighted by molar-refractivity contribution is -0.146. The van der Waals surface area contributed by atoms with Gasteiger partial charge < -0.3 is 57.7 Å². The van der Waals surface area contributed by atoms with E-state index in [1.165, 1.54) is 43.0 Å². The summed E-state index contributed by atoms with van der Waals surface area (Å²) in [5.74, 6) is -6.31. The molecule has 0 unspecified atom stereocenters. The quantitative estimate of drug-likeness (QED) is 0.0492. The highest BCUT2D eigenvalue weighted by Crippen LogP contribution is 2.19. The Hall–Kier alpha value is -4.41. The van der Waals surface area contributed by atoms with Gasteiger partial charge in [-0.05, 0) is 51.0 Å². The molecule has 11 N–H and O–H groups in total. The summed E-state index contributed by atoms with van der Waals surface area (Å²) in [6.07, 6.45) is 4.57. The molecule has 2 heterocycles. The van der Waals surface area contributed by atoms with Crippen LogP contribution in [0.5, 0.6) is 0 Å². The van der Waals surface area contributed by atoms with Crippen LogP contribution in [0.2, 0.25) is 0 Å². The maximum atomic E-state index is 13.7. The first kappa shape index (κ1) is 47.7. The summed E-state index contributed by atoms with van der Waals surface area (Å²) in [4.78, 5) is 112. The van der Waals surface area contributed by atoms with E-state index in [0.717, 1.165) is 0 Å². The SMILES string of the molecule is CC[C@H](C)[C@H](NC(=O)[C@@H]1CCCN1C(=O)CNC(=O)[C@H](CCSC)NC(=O)[C@H](Cc1c[nH]cn1)NC(=O)[C@H](CS)NC(=O)[C@H](C)N)C(=O)N[C@H](C(=O)O)[C@@H](C)O. The van der Waals surface area contributed by atoms with Crippen LogP contribution in [0.15, 0.2) is 12.5 Å². The minimum absolute atomic E-state index is 0.0738. The number of hydrogen-bond acceptors (Lipinski definition) is 13. The summed E-state index contributed by atoms with van der Waals surface area (Å²) in [7, 11) is 0. The number of carbonyl (C=O) groups excluding carboxylic acids is 7. The Kier molecular flexibility index (Phi) is 20.1. The number of rotatable bonds is 23. The molecule has 9 atom stereocenters. The molecular weight excluding hydrogens is 773 g/mol. The Bertz CT molecular complexity index is 1520. The highest BCUT2D eigenvalue weighted by atomic mass is 32.2. The van der Waals surface area contributed by atoms with E-state index in [-0.39, 0.29) is 31.6 Å². The van der Waals surface area contributed by atoms with E-state index in [1.54, 1.807) is 20.1 Å². The van der Waals surface area contributed by atoms with Gasteiger partial charge in [-0.1, -0.05) is 20.3 Å². The fourth-order valence-electron chi connectivity index (χ4n) is 5.68. The van der Waals surface area contributed by atoms with E-state index in [9.17, 15) is 48.6 Å². The van der Waals surface area contributed by atoms with Gasteiger partial charge in [-0.25, -0.2) is 9.78 Å². The highest BCUT2D eigenvalue weighted by molar-refractivity contribution is 7.98. The van der Waals surface area contributed by atoms with Gasteiger partial charge in [-0.3, -0.25) is 33.6 Å². The predicted octanol–water partition coefficient (Wildman–Crippen LogP) is -2.98. The molecule has 1 aromatic heterocycles. The number of carboxylic acid groups (broad SMARTS) is 1. The number of nitrogens with two attached hydrogens (primary N) is 1. The van der Waals surface area contributed by atoms with Crippen molar-refractivity contribution in [2.75, 3.05) is 30.9 Å². The number of aliphatic carboxylic acids is 1. The van der Waals surface area contributed by atoms with Crippen molar-refractivity contribution in [1.82, 2.24) is 46.8 Å². The number of likely N-dealkylation sites (tertiary alicyclic amines) is 1. The van der Waals surface area contributed by atoms with Crippen molar-refractivity contribution < 1.29 is 48.6 Å². The summed E-state index contributed by atoms with van der Waals surface area (Å²) in [5.41, 5.74) is 6.03. The fourth-order valence-corrected chi connectivity index (χ4v) is 6.40. The molecule has 22 heteroatoms. The molecule has 2 rings (SSSR count). The van der Waals surface area contributed by atoms with Gasteiger partial charge in [0.15, 0.2) is 6.04 Å².